The van der Waals surface area contributed by atoms with Gasteiger partial charge in [0.05, 0.1) is 6.54 Å². The van der Waals surface area contributed by atoms with Crippen LogP contribution in [-0.2, 0) is 4.79 Å². The van der Waals surface area contributed by atoms with Gasteiger partial charge in [-0.1, -0.05) is 0 Å². The highest BCUT2D eigenvalue weighted by molar-refractivity contribution is 7.99. The second-order valence-electron chi connectivity index (χ2n) is 3.02. The van der Waals surface area contributed by atoms with Gasteiger partial charge in [0.25, 0.3) is 6.43 Å². The van der Waals surface area contributed by atoms with E-state index in [1.54, 1.807) is 0 Å². The smallest absolute Gasteiger partial charge is 0.255 e. The molecule has 0 saturated carbocycles. The van der Waals surface area contributed by atoms with Gasteiger partial charge in [0.1, 0.15) is 0 Å². The molecule has 0 bridgehead atoms. The molecule has 0 aromatic heterocycles. The zero-order valence-corrected chi connectivity index (χ0v) is 8.08. The lowest BCUT2D eigenvalue weighted by Crippen LogP contribution is -2.35. The number of amides is 1. The lowest BCUT2D eigenvalue weighted by Gasteiger charge is -2.20. The molecule has 1 N–H and O–H groups in total. The summed E-state index contributed by atoms with van der Waals surface area (Å²) in [5.74, 6) is 1.68. The summed E-state index contributed by atoms with van der Waals surface area (Å²) < 4.78 is 23.5. The summed E-state index contributed by atoms with van der Waals surface area (Å²) in [5, 5.41) is 2.25. The molecular formula is C8H13F2NOS. The standard InChI is InChI=1S/C8H13F2NOS/c9-7(10)5-11-8(12)6-1-3-13-4-2-6/h6-7H,1-5H2,(H,11,12). The van der Waals surface area contributed by atoms with Crippen molar-refractivity contribution in [1.82, 2.24) is 5.32 Å². The fraction of sp³-hybridized carbons (Fsp3) is 0.875. The summed E-state index contributed by atoms with van der Waals surface area (Å²) in [7, 11) is 0. The Bertz CT molecular complexity index is 172. The Morgan fingerprint density at radius 2 is 2.08 bits per heavy atom. The number of hydrogen-bond donors (Lipinski definition) is 1. The Labute approximate surface area is 80.5 Å². The van der Waals surface area contributed by atoms with Crippen molar-refractivity contribution in [3.63, 3.8) is 0 Å². The molecule has 2 nitrogen and oxygen atoms in total. The van der Waals surface area contributed by atoms with E-state index >= 15 is 0 Å². The second-order valence-corrected chi connectivity index (χ2v) is 4.25. The highest BCUT2D eigenvalue weighted by Gasteiger charge is 2.21. The number of halogens is 2. The zero-order chi connectivity index (χ0) is 9.68. The van der Waals surface area contributed by atoms with Crippen LogP contribution in [0.2, 0.25) is 0 Å². The van der Waals surface area contributed by atoms with Gasteiger partial charge in [0.2, 0.25) is 5.91 Å². The van der Waals surface area contributed by atoms with Crippen LogP contribution >= 0.6 is 11.8 Å². The van der Waals surface area contributed by atoms with Crippen molar-refractivity contribution in [2.24, 2.45) is 5.92 Å². The molecule has 1 heterocycles. The summed E-state index contributed by atoms with van der Waals surface area (Å²) in [6, 6.07) is 0. The number of nitrogens with one attached hydrogen (secondary N) is 1. The number of alkyl halides is 2. The molecule has 0 spiro atoms. The maximum atomic E-state index is 11.7. The predicted octanol–water partition coefficient (Wildman–Crippen LogP) is 1.51. The summed E-state index contributed by atoms with van der Waals surface area (Å²) in [4.78, 5) is 11.2. The Morgan fingerprint density at radius 1 is 1.46 bits per heavy atom. The summed E-state index contributed by atoms with van der Waals surface area (Å²) in [6.07, 6.45) is -0.804. The van der Waals surface area contributed by atoms with Crippen molar-refractivity contribution in [3.05, 3.63) is 0 Å². The molecule has 1 aliphatic rings. The molecule has 0 atom stereocenters. The monoisotopic (exact) mass is 209 g/mol. The molecule has 1 aliphatic heterocycles. The molecular weight excluding hydrogens is 196 g/mol. The van der Waals surface area contributed by atoms with Crippen LogP contribution in [0, 0.1) is 5.92 Å². The van der Waals surface area contributed by atoms with Gasteiger partial charge >= 0.3 is 0 Å². The third kappa shape index (κ3) is 3.93. The summed E-state index contributed by atoms with van der Waals surface area (Å²) >= 11 is 1.81. The van der Waals surface area contributed by atoms with Crippen molar-refractivity contribution in [2.45, 2.75) is 19.3 Å². The first-order chi connectivity index (χ1) is 6.20. The highest BCUT2D eigenvalue weighted by Crippen LogP contribution is 2.22. The minimum absolute atomic E-state index is 0.0417. The number of thioether (sulfide) groups is 1. The van der Waals surface area contributed by atoms with Crippen molar-refractivity contribution >= 4 is 17.7 Å². The van der Waals surface area contributed by atoms with Gasteiger partial charge in [-0.3, -0.25) is 4.79 Å². The van der Waals surface area contributed by atoms with Crippen LogP contribution < -0.4 is 5.32 Å². The first-order valence-electron chi connectivity index (χ1n) is 4.33. The lowest BCUT2D eigenvalue weighted by atomic mass is 10.0. The van der Waals surface area contributed by atoms with Gasteiger partial charge < -0.3 is 5.32 Å². The molecule has 1 fully saturated rings. The van der Waals surface area contributed by atoms with Gasteiger partial charge in [0.15, 0.2) is 0 Å². The summed E-state index contributed by atoms with van der Waals surface area (Å²) in [6.45, 7) is -0.511. The first-order valence-corrected chi connectivity index (χ1v) is 5.49. The number of carbonyl (C=O) groups excluding carboxylic acids is 1. The minimum atomic E-state index is -2.44. The molecule has 1 saturated heterocycles. The highest BCUT2D eigenvalue weighted by atomic mass is 32.2. The van der Waals surface area contributed by atoms with Gasteiger partial charge in [-0.05, 0) is 24.3 Å². The van der Waals surface area contributed by atoms with Crippen LogP contribution in [0.4, 0.5) is 8.78 Å². The maximum Gasteiger partial charge on any atom is 0.255 e. The molecule has 1 amide bonds. The van der Waals surface area contributed by atoms with E-state index in [1.165, 1.54) is 0 Å². The molecule has 13 heavy (non-hydrogen) atoms. The van der Waals surface area contributed by atoms with Crippen LogP contribution in [0.5, 0.6) is 0 Å². The van der Waals surface area contributed by atoms with Gasteiger partial charge in [-0.25, -0.2) is 8.78 Å². The van der Waals surface area contributed by atoms with Crippen LogP contribution in [0.3, 0.4) is 0 Å². The molecule has 0 aliphatic carbocycles. The van der Waals surface area contributed by atoms with E-state index in [4.69, 9.17) is 0 Å². The van der Waals surface area contributed by atoms with Gasteiger partial charge in [-0.15, -0.1) is 0 Å². The number of rotatable bonds is 3. The van der Waals surface area contributed by atoms with Gasteiger partial charge in [-0.2, -0.15) is 11.8 Å². The molecule has 0 aromatic carbocycles. The predicted molar refractivity (Wildman–Crippen MR) is 49.1 cm³/mol. The van der Waals surface area contributed by atoms with Crippen LogP contribution in [0.1, 0.15) is 12.8 Å². The van der Waals surface area contributed by atoms with E-state index in [2.05, 4.69) is 5.32 Å². The van der Waals surface area contributed by atoms with Crippen LogP contribution in [0.15, 0.2) is 0 Å². The Kier molecular flexibility index (Phi) is 4.48. The topological polar surface area (TPSA) is 29.1 Å². The fourth-order valence-corrected chi connectivity index (χ4v) is 2.39. The quantitative estimate of drug-likeness (QED) is 0.763. The third-order valence-electron chi connectivity index (χ3n) is 2.02. The Hall–Kier alpha value is -0.320. The third-order valence-corrected chi connectivity index (χ3v) is 3.07. The lowest BCUT2D eigenvalue weighted by molar-refractivity contribution is -0.125. The molecule has 1 rings (SSSR count). The molecule has 0 aromatic rings. The average molecular weight is 209 g/mol. The maximum absolute atomic E-state index is 11.7. The average Bonchev–Trinajstić information content (AvgIpc) is 2.15. The van der Waals surface area contributed by atoms with Crippen LogP contribution in [-0.4, -0.2) is 30.4 Å². The number of hydrogen-bond acceptors (Lipinski definition) is 2. The fourth-order valence-electron chi connectivity index (χ4n) is 1.28. The summed E-state index contributed by atoms with van der Waals surface area (Å²) in [5.41, 5.74) is 0. The van der Waals surface area contributed by atoms with Crippen molar-refractivity contribution in [1.29, 1.82) is 0 Å². The normalized spacial score (nSPS) is 19.0. The molecule has 0 radical (unpaired) electrons. The zero-order valence-electron chi connectivity index (χ0n) is 7.26. The van der Waals surface area contributed by atoms with E-state index in [0.29, 0.717) is 0 Å². The number of carbonyl (C=O) groups is 1. The second kappa shape index (κ2) is 5.42. The SMILES string of the molecule is O=C(NCC(F)F)C1CCSCC1. The van der Waals surface area contributed by atoms with E-state index in [9.17, 15) is 13.6 Å². The van der Waals surface area contributed by atoms with E-state index in [1.807, 2.05) is 11.8 Å². The Morgan fingerprint density at radius 3 is 2.62 bits per heavy atom. The molecule has 5 heteroatoms. The van der Waals surface area contributed by atoms with Gasteiger partial charge in [0, 0.05) is 5.92 Å². The van der Waals surface area contributed by atoms with E-state index in [0.717, 1.165) is 24.3 Å². The van der Waals surface area contributed by atoms with E-state index in [-0.39, 0.29) is 11.8 Å². The molecule has 76 valence electrons. The Balaban J connectivity index is 2.21. The van der Waals surface area contributed by atoms with Crippen molar-refractivity contribution < 1.29 is 13.6 Å². The van der Waals surface area contributed by atoms with Crippen molar-refractivity contribution in [2.75, 3.05) is 18.1 Å². The van der Waals surface area contributed by atoms with E-state index < -0.39 is 13.0 Å². The minimum Gasteiger partial charge on any atom is -0.350 e. The van der Waals surface area contributed by atoms with Crippen molar-refractivity contribution in [3.8, 4) is 0 Å². The largest absolute Gasteiger partial charge is 0.350 e. The molecule has 0 unspecified atom stereocenters. The first kappa shape index (κ1) is 10.8. The van der Waals surface area contributed by atoms with Crippen LogP contribution in [0.25, 0.3) is 0 Å².